The van der Waals surface area contributed by atoms with Crippen molar-refractivity contribution in [2.24, 2.45) is 0 Å². The van der Waals surface area contributed by atoms with Gasteiger partial charge < -0.3 is 10.1 Å². The van der Waals surface area contributed by atoms with Crippen LogP contribution < -0.4 is 5.32 Å². The van der Waals surface area contributed by atoms with Gasteiger partial charge in [0, 0.05) is 22.5 Å². The van der Waals surface area contributed by atoms with Crippen molar-refractivity contribution in [3.8, 4) is 0 Å². The first kappa shape index (κ1) is 24.0. The molecule has 0 bridgehead atoms. The predicted octanol–water partition coefficient (Wildman–Crippen LogP) is 5.87. The molecule has 0 aromatic heterocycles. The van der Waals surface area contributed by atoms with Gasteiger partial charge in [-0.1, -0.05) is 42.6 Å². The lowest BCUT2D eigenvalue weighted by Crippen LogP contribution is -2.32. The van der Waals surface area contributed by atoms with Gasteiger partial charge in [-0.3, -0.25) is 4.79 Å². The van der Waals surface area contributed by atoms with Crippen LogP contribution in [0.5, 0.6) is 0 Å². The normalized spacial score (nSPS) is 12.3. The maximum atomic E-state index is 12.6. The molecule has 162 valence electrons. The second-order valence-corrected chi connectivity index (χ2v) is 7.45. The van der Waals surface area contributed by atoms with Crippen molar-refractivity contribution < 1.29 is 27.5 Å². The predicted molar refractivity (Wildman–Crippen MR) is 109 cm³/mol. The van der Waals surface area contributed by atoms with E-state index in [0.29, 0.717) is 10.0 Å². The quantitative estimate of drug-likeness (QED) is 0.500. The number of ether oxygens (including phenoxy) is 1. The topological polar surface area (TPSA) is 55.4 Å². The van der Waals surface area contributed by atoms with E-state index >= 15 is 0 Å². The van der Waals surface area contributed by atoms with Gasteiger partial charge in [-0.2, -0.15) is 13.2 Å². The number of amides is 1. The molecule has 0 heterocycles. The lowest BCUT2D eigenvalue weighted by molar-refractivity contribution is -0.137. The molecule has 2 aromatic rings. The number of hydrogen-bond acceptors (Lipinski definition) is 3. The number of nitrogens with one attached hydrogen (secondary N) is 1. The molecule has 30 heavy (non-hydrogen) atoms. The number of halogens is 5. The van der Waals surface area contributed by atoms with Crippen LogP contribution in [0, 0.1) is 0 Å². The van der Waals surface area contributed by atoms with Crippen LogP contribution in [-0.4, -0.2) is 25.0 Å². The van der Waals surface area contributed by atoms with Crippen molar-refractivity contribution in [3.63, 3.8) is 0 Å². The highest BCUT2D eigenvalue weighted by Crippen LogP contribution is 2.30. The Morgan fingerprint density at radius 3 is 2.33 bits per heavy atom. The maximum Gasteiger partial charge on any atom is 0.416 e. The van der Waals surface area contributed by atoms with Crippen LogP contribution in [0.25, 0.3) is 0 Å². The molecule has 0 saturated carbocycles. The highest BCUT2D eigenvalue weighted by molar-refractivity contribution is 6.35. The summed E-state index contributed by atoms with van der Waals surface area (Å²) in [6, 6.07) is 8.73. The molecule has 4 nitrogen and oxygen atoms in total. The van der Waals surface area contributed by atoms with Gasteiger partial charge in [0.2, 0.25) is 0 Å². The molecule has 2 rings (SSSR count). The lowest BCUT2D eigenvalue weighted by Gasteiger charge is -2.19. The van der Waals surface area contributed by atoms with Gasteiger partial charge in [0.15, 0.2) is 6.61 Å². The molecule has 0 aliphatic carbocycles. The summed E-state index contributed by atoms with van der Waals surface area (Å²) in [5.74, 6) is -1.46. The van der Waals surface area contributed by atoms with Crippen molar-refractivity contribution in [1.29, 1.82) is 0 Å². The lowest BCUT2D eigenvalue weighted by atomic mass is 9.94. The van der Waals surface area contributed by atoms with E-state index in [2.05, 4.69) is 5.32 Å². The third-order valence-electron chi connectivity index (χ3n) is 4.37. The average molecular weight is 462 g/mol. The molecule has 1 N–H and O–H groups in total. The van der Waals surface area contributed by atoms with Crippen LogP contribution in [0.3, 0.4) is 0 Å². The Labute approximate surface area is 182 Å². The SMILES string of the molecule is CCCC(CNC(=O)COC(=O)c1ccc(C(F)(F)F)cc1)c1ccc(Cl)cc1Cl. The fourth-order valence-electron chi connectivity index (χ4n) is 2.85. The Morgan fingerprint density at radius 1 is 1.10 bits per heavy atom. The largest absolute Gasteiger partial charge is 0.452 e. The molecular weight excluding hydrogens is 442 g/mol. The summed E-state index contributed by atoms with van der Waals surface area (Å²) in [4.78, 5) is 24.0. The summed E-state index contributed by atoms with van der Waals surface area (Å²) in [6.07, 6.45) is -2.86. The molecule has 0 spiro atoms. The minimum atomic E-state index is -4.50. The summed E-state index contributed by atoms with van der Waals surface area (Å²) in [7, 11) is 0. The van der Waals surface area contributed by atoms with Gasteiger partial charge in [0.05, 0.1) is 11.1 Å². The first-order valence-electron chi connectivity index (χ1n) is 9.17. The molecule has 9 heteroatoms. The number of carbonyl (C=O) groups is 2. The van der Waals surface area contributed by atoms with E-state index < -0.39 is 30.2 Å². The van der Waals surface area contributed by atoms with Gasteiger partial charge in [-0.15, -0.1) is 0 Å². The van der Waals surface area contributed by atoms with Crippen molar-refractivity contribution >= 4 is 35.1 Å². The Morgan fingerprint density at radius 2 is 1.77 bits per heavy atom. The minimum Gasteiger partial charge on any atom is -0.452 e. The fraction of sp³-hybridized carbons (Fsp3) is 0.333. The second kappa shape index (κ2) is 10.7. The van der Waals surface area contributed by atoms with Gasteiger partial charge in [-0.05, 0) is 48.4 Å². The minimum absolute atomic E-state index is 0.0469. The zero-order valence-electron chi connectivity index (χ0n) is 16.1. The highest BCUT2D eigenvalue weighted by Gasteiger charge is 2.30. The Balaban J connectivity index is 1.89. The summed E-state index contributed by atoms with van der Waals surface area (Å²) in [6.45, 7) is 1.74. The van der Waals surface area contributed by atoms with Gasteiger partial charge in [-0.25, -0.2) is 4.79 Å². The number of carbonyl (C=O) groups excluding carboxylic acids is 2. The molecule has 2 aromatic carbocycles. The van der Waals surface area contributed by atoms with E-state index in [4.69, 9.17) is 27.9 Å². The Hall–Kier alpha value is -2.25. The first-order valence-corrected chi connectivity index (χ1v) is 9.93. The van der Waals surface area contributed by atoms with Gasteiger partial charge in [0.25, 0.3) is 5.91 Å². The number of hydrogen-bond donors (Lipinski definition) is 1. The molecule has 1 atom stereocenters. The highest BCUT2D eigenvalue weighted by atomic mass is 35.5. The molecular formula is C21H20Cl2F3NO3. The van der Waals surface area contributed by atoms with Gasteiger partial charge >= 0.3 is 12.1 Å². The average Bonchev–Trinajstić information content (AvgIpc) is 2.69. The molecule has 0 saturated heterocycles. The number of esters is 1. The van der Waals surface area contributed by atoms with Crippen LogP contribution in [-0.2, 0) is 15.7 Å². The van der Waals surface area contributed by atoms with E-state index in [1.54, 1.807) is 12.1 Å². The van der Waals surface area contributed by atoms with Crippen LogP contribution in [0.4, 0.5) is 13.2 Å². The third kappa shape index (κ3) is 6.92. The third-order valence-corrected chi connectivity index (χ3v) is 4.93. The molecule has 0 fully saturated rings. The van der Waals surface area contributed by atoms with E-state index in [9.17, 15) is 22.8 Å². The van der Waals surface area contributed by atoms with Crippen molar-refractivity contribution in [2.45, 2.75) is 31.9 Å². The van der Waals surface area contributed by atoms with Crippen molar-refractivity contribution in [1.82, 2.24) is 5.32 Å². The van der Waals surface area contributed by atoms with Crippen LogP contribution in [0.2, 0.25) is 10.0 Å². The molecule has 0 aliphatic rings. The van der Waals surface area contributed by atoms with Gasteiger partial charge in [0.1, 0.15) is 0 Å². The monoisotopic (exact) mass is 461 g/mol. The van der Waals surface area contributed by atoms with E-state index in [1.807, 2.05) is 13.0 Å². The standard InChI is InChI=1S/C21H20Cl2F3NO3/c1-2-3-14(17-9-8-16(22)10-18(17)23)11-27-19(28)12-30-20(29)13-4-6-15(7-5-13)21(24,25)26/h4-10,14H,2-3,11-12H2,1H3,(H,27,28). The number of benzene rings is 2. The Kier molecular flexibility index (Phi) is 8.55. The second-order valence-electron chi connectivity index (χ2n) is 6.61. The Bertz CT molecular complexity index is 886. The molecule has 0 aliphatic heterocycles. The summed E-state index contributed by atoms with van der Waals surface area (Å²) in [5.41, 5.74) is -0.0998. The van der Waals surface area contributed by atoms with Crippen molar-refractivity contribution in [3.05, 3.63) is 69.2 Å². The van der Waals surface area contributed by atoms with E-state index in [0.717, 1.165) is 42.7 Å². The summed E-state index contributed by atoms with van der Waals surface area (Å²) in [5, 5.41) is 3.70. The van der Waals surface area contributed by atoms with E-state index in [1.165, 1.54) is 0 Å². The fourth-order valence-corrected chi connectivity index (χ4v) is 3.41. The van der Waals surface area contributed by atoms with Crippen LogP contribution in [0.1, 0.15) is 47.2 Å². The maximum absolute atomic E-state index is 12.6. The molecule has 0 radical (unpaired) electrons. The molecule has 1 amide bonds. The summed E-state index contributed by atoms with van der Waals surface area (Å²) < 4.78 is 42.6. The zero-order chi connectivity index (χ0) is 22.3. The van der Waals surface area contributed by atoms with Crippen molar-refractivity contribution in [2.75, 3.05) is 13.2 Å². The number of rotatable bonds is 8. The number of alkyl halides is 3. The van der Waals surface area contributed by atoms with Crippen LogP contribution >= 0.6 is 23.2 Å². The summed E-state index contributed by atoms with van der Waals surface area (Å²) >= 11 is 12.2. The smallest absolute Gasteiger partial charge is 0.416 e. The molecule has 1 unspecified atom stereocenters. The van der Waals surface area contributed by atoms with E-state index in [-0.39, 0.29) is 18.0 Å². The first-order chi connectivity index (χ1) is 14.1. The van der Waals surface area contributed by atoms with Crippen LogP contribution in [0.15, 0.2) is 42.5 Å². The zero-order valence-corrected chi connectivity index (χ0v) is 17.6.